The number of hydrogen-bond acceptors (Lipinski definition) is 1. The first-order chi connectivity index (χ1) is 26.1. The van der Waals surface area contributed by atoms with Crippen molar-refractivity contribution in [3.8, 4) is 33.4 Å². The number of benzene rings is 7. The molecule has 0 saturated carbocycles. The second-order valence-electron chi connectivity index (χ2n) is 14.9. The summed E-state index contributed by atoms with van der Waals surface area (Å²) in [5.41, 5.74) is 18.9. The smallest absolute Gasteiger partial charge is 0.0659 e. The highest BCUT2D eigenvalue weighted by Gasteiger charge is 2.47. The second-order valence-corrected chi connectivity index (χ2v) is 14.9. The lowest BCUT2D eigenvalue weighted by Gasteiger charge is -2.30. The monoisotopic (exact) mass is 677 g/mol. The van der Waals surface area contributed by atoms with Crippen molar-refractivity contribution in [1.29, 1.82) is 0 Å². The molecule has 53 heavy (non-hydrogen) atoms. The molecule has 0 N–H and O–H groups in total. The van der Waals surface area contributed by atoms with E-state index in [2.05, 4.69) is 219 Å². The van der Waals surface area contributed by atoms with Crippen LogP contribution in [0.15, 0.2) is 200 Å². The minimum Gasteiger partial charge on any atom is -0.317 e. The zero-order valence-corrected chi connectivity index (χ0v) is 30.0. The van der Waals surface area contributed by atoms with Gasteiger partial charge < -0.3 is 4.90 Å². The number of rotatable bonds is 6. The summed E-state index contributed by atoms with van der Waals surface area (Å²) in [6.07, 6.45) is 11.5. The van der Waals surface area contributed by atoms with E-state index in [1.54, 1.807) is 0 Å². The van der Waals surface area contributed by atoms with E-state index in [4.69, 9.17) is 0 Å². The first-order valence-corrected chi connectivity index (χ1v) is 18.6. The topological polar surface area (TPSA) is 3.24 Å². The molecule has 3 aliphatic carbocycles. The molecule has 7 aromatic carbocycles. The van der Waals surface area contributed by atoms with Crippen LogP contribution in [0.4, 0.5) is 11.4 Å². The van der Waals surface area contributed by atoms with Crippen molar-refractivity contribution in [3.63, 3.8) is 0 Å². The van der Waals surface area contributed by atoms with E-state index in [0.717, 1.165) is 5.69 Å². The predicted molar refractivity (Wildman–Crippen MR) is 222 cm³/mol. The van der Waals surface area contributed by atoms with Gasteiger partial charge in [0.15, 0.2) is 0 Å². The van der Waals surface area contributed by atoms with Crippen molar-refractivity contribution in [3.05, 3.63) is 234 Å². The lowest BCUT2D eigenvalue weighted by atomic mass is 9.74. The van der Waals surface area contributed by atoms with Gasteiger partial charge in [-0.3, -0.25) is 0 Å². The highest BCUT2D eigenvalue weighted by atomic mass is 15.1. The fourth-order valence-corrected chi connectivity index (χ4v) is 9.41. The summed E-state index contributed by atoms with van der Waals surface area (Å²) in [6.45, 7) is 4.73. The molecule has 0 unspecified atom stereocenters. The van der Waals surface area contributed by atoms with Crippen molar-refractivity contribution < 1.29 is 0 Å². The van der Waals surface area contributed by atoms with E-state index in [-0.39, 0.29) is 10.8 Å². The molecule has 10 rings (SSSR count). The molecular weight excluding hydrogens is 639 g/mol. The highest BCUT2D eigenvalue weighted by molar-refractivity contribution is 5.94. The summed E-state index contributed by atoms with van der Waals surface area (Å²) in [5.74, 6) is 0. The number of hydrogen-bond donors (Lipinski definition) is 0. The number of fused-ring (bicyclic) bond motifs is 10. The summed E-state index contributed by atoms with van der Waals surface area (Å²) >= 11 is 0. The largest absolute Gasteiger partial charge is 0.317 e. The summed E-state index contributed by atoms with van der Waals surface area (Å²) in [4.78, 5) is 2.38. The van der Waals surface area contributed by atoms with Crippen LogP contribution in [0.3, 0.4) is 0 Å². The SMILES string of the molecule is CC1(C)c2ccccc2-c2cccc(N(/C=C/C=C\C3=CC4(c5ccccc53)c3ccccc3-c3ccccc34)c3cccc(-c4ccccc4)c3)c21. The van der Waals surface area contributed by atoms with Gasteiger partial charge in [0.05, 0.1) is 11.1 Å². The lowest BCUT2D eigenvalue weighted by Crippen LogP contribution is -2.22. The normalized spacial score (nSPS) is 15.2. The zero-order chi connectivity index (χ0) is 35.6. The predicted octanol–water partition coefficient (Wildman–Crippen LogP) is 13.3. The Bertz CT molecular complexity index is 2610. The van der Waals surface area contributed by atoms with Gasteiger partial charge in [-0.05, 0) is 96.6 Å². The van der Waals surface area contributed by atoms with Crippen molar-refractivity contribution in [1.82, 2.24) is 0 Å². The van der Waals surface area contributed by atoms with Crippen LogP contribution in [0.25, 0.3) is 39.0 Å². The Morgan fingerprint density at radius 2 is 0.981 bits per heavy atom. The molecule has 0 fully saturated rings. The van der Waals surface area contributed by atoms with E-state index in [1.165, 1.54) is 78.0 Å². The van der Waals surface area contributed by atoms with Crippen molar-refractivity contribution >= 4 is 16.9 Å². The van der Waals surface area contributed by atoms with Crippen LogP contribution in [0, 0.1) is 0 Å². The summed E-state index contributed by atoms with van der Waals surface area (Å²) in [5, 5.41) is 0. The third kappa shape index (κ3) is 4.70. The summed E-state index contributed by atoms with van der Waals surface area (Å²) in [7, 11) is 0. The molecular formula is C52H39N. The van der Waals surface area contributed by atoms with Gasteiger partial charge in [0.25, 0.3) is 0 Å². The van der Waals surface area contributed by atoms with Crippen LogP contribution in [0.1, 0.15) is 47.2 Å². The molecule has 3 aliphatic rings. The molecule has 252 valence electrons. The molecule has 1 heteroatoms. The molecule has 0 amide bonds. The zero-order valence-electron chi connectivity index (χ0n) is 30.0. The molecule has 0 atom stereocenters. The van der Waals surface area contributed by atoms with E-state index in [1.807, 2.05) is 0 Å². The molecule has 1 nitrogen and oxygen atoms in total. The Hall–Kier alpha value is -6.44. The molecule has 0 radical (unpaired) electrons. The van der Waals surface area contributed by atoms with E-state index < -0.39 is 0 Å². The van der Waals surface area contributed by atoms with Gasteiger partial charge in [-0.1, -0.05) is 184 Å². The third-order valence-electron chi connectivity index (χ3n) is 11.7. The van der Waals surface area contributed by atoms with Crippen LogP contribution in [-0.2, 0) is 10.8 Å². The molecule has 1 spiro atoms. The van der Waals surface area contributed by atoms with E-state index in [0.29, 0.717) is 0 Å². The first kappa shape index (κ1) is 31.3. The molecule has 0 saturated heterocycles. The minimum absolute atomic E-state index is 0.151. The van der Waals surface area contributed by atoms with Gasteiger partial charge in [-0.2, -0.15) is 0 Å². The number of anilines is 2. The maximum Gasteiger partial charge on any atom is 0.0659 e. The summed E-state index contributed by atoms with van der Waals surface area (Å²) in [6, 6.07) is 62.1. The molecule has 7 aromatic rings. The van der Waals surface area contributed by atoms with E-state index in [9.17, 15) is 0 Å². The van der Waals surface area contributed by atoms with Crippen LogP contribution < -0.4 is 4.90 Å². The maximum atomic E-state index is 2.50. The minimum atomic E-state index is -0.303. The van der Waals surface area contributed by atoms with Gasteiger partial charge in [0, 0.05) is 17.3 Å². The standard InChI is InChI=1S/C52H39N/c1-51(2)45-28-10-7-26-43(45)44-27-17-32-49(50(44)51)53(39-22-16-21-37(34-39)36-18-4-3-5-19-36)33-15-14-20-38-35-52(46-29-11-6-23-40(38)46)47-30-12-8-24-41(47)42-25-9-13-31-48(42)52/h3-35H,1-2H3/b20-14-,33-15+. The molecule has 0 aromatic heterocycles. The Morgan fingerprint density at radius 1 is 0.453 bits per heavy atom. The average Bonchev–Trinajstić information content (AvgIpc) is 3.79. The fraction of sp³-hybridized carbons (Fsp3) is 0.0769. The third-order valence-corrected chi connectivity index (χ3v) is 11.7. The van der Waals surface area contributed by atoms with Gasteiger partial charge in [0.1, 0.15) is 0 Å². The van der Waals surface area contributed by atoms with Gasteiger partial charge in [0.2, 0.25) is 0 Å². The molecule has 0 bridgehead atoms. The second kappa shape index (κ2) is 12.1. The Labute approximate surface area is 312 Å². The Morgan fingerprint density at radius 3 is 1.68 bits per heavy atom. The lowest BCUT2D eigenvalue weighted by molar-refractivity contribution is 0.660. The average molecular weight is 678 g/mol. The van der Waals surface area contributed by atoms with Gasteiger partial charge >= 0.3 is 0 Å². The highest BCUT2D eigenvalue weighted by Crippen LogP contribution is 2.58. The number of allylic oxidation sites excluding steroid dienone is 5. The van der Waals surface area contributed by atoms with Crippen LogP contribution in [0.2, 0.25) is 0 Å². The maximum absolute atomic E-state index is 2.50. The van der Waals surface area contributed by atoms with E-state index >= 15 is 0 Å². The van der Waals surface area contributed by atoms with Crippen molar-refractivity contribution in [2.75, 3.05) is 4.90 Å². The van der Waals surface area contributed by atoms with Crippen LogP contribution >= 0.6 is 0 Å². The number of nitrogens with zero attached hydrogens (tertiary/aromatic N) is 1. The molecule has 0 heterocycles. The Balaban J connectivity index is 1.09. The fourth-order valence-electron chi connectivity index (χ4n) is 9.41. The van der Waals surface area contributed by atoms with Crippen LogP contribution in [0.5, 0.6) is 0 Å². The Kier molecular flexibility index (Phi) is 7.13. The summed E-state index contributed by atoms with van der Waals surface area (Å²) < 4.78 is 0. The van der Waals surface area contributed by atoms with Crippen molar-refractivity contribution in [2.45, 2.75) is 24.7 Å². The van der Waals surface area contributed by atoms with Gasteiger partial charge in [-0.25, -0.2) is 0 Å². The van der Waals surface area contributed by atoms with Crippen molar-refractivity contribution in [2.24, 2.45) is 0 Å². The van der Waals surface area contributed by atoms with Gasteiger partial charge in [-0.15, -0.1) is 0 Å². The first-order valence-electron chi connectivity index (χ1n) is 18.6. The quantitative estimate of drug-likeness (QED) is 0.158. The van der Waals surface area contributed by atoms with Crippen LogP contribution in [-0.4, -0.2) is 0 Å². The molecule has 0 aliphatic heterocycles.